The fourth-order valence-corrected chi connectivity index (χ4v) is 3.14. The number of alkyl halides is 3. The Morgan fingerprint density at radius 1 is 1.42 bits per heavy atom. The summed E-state index contributed by atoms with van der Waals surface area (Å²) in [4.78, 5) is 13.7. The second-order valence-corrected chi connectivity index (χ2v) is 5.94. The lowest BCUT2D eigenvalue weighted by molar-refractivity contribution is -0.138. The number of nitrogens with one attached hydrogen (secondary N) is 1. The Balaban J connectivity index is 1.85. The van der Waals surface area contributed by atoms with Crippen molar-refractivity contribution >= 4 is 5.91 Å². The third kappa shape index (κ3) is 3.37. The highest BCUT2D eigenvalue weighted by Gasteiger charge is 2.37. The van der Waals surface area contributed by atoms with Crippen molar-refractivity contribution in [3.8, 4) is 6.07 Å². The maximum atomic E-state index is 13.3. The average molecular weight is 339 g/mol. The average Bonchev–Trinajstić information content (AvgIpc) is 2.88. The number of nitriles is 1. The number of fused-ring (bicyclic) bond motifs is 1. The molecular weight excluding hydrogens is 323 g/mol. The summed E-state index contributed by atoms with van der Waals surface area (Å²) in [6.07, 6.45) is -4.49. The summed E-state index contributed by atoms with van der Waals surface area (Å²) in [6.45, 7) is 1.69. The Hall–Kier alpha value is -2.11. The smallest absolute Gasteiger partial charge is 0.374 e. The van der Waals surface area contributed by atoms with Crippen LogP contribution in [0.5, 0.6) is 0 Å². The fourth-order valence-electron chi connectivity index (χ4n) is 3.14. The van der Waals surface area contributed by atoms with Crippen LogP contribution in [0.15, 0.2) is 12.1 Å². The summed E-state index contributed by atoms with van der Waals surface area (Å²) in [5, 5.41) is 11.2. The molecule has 1 atom stereocenters. The van der Waals surface area contributed by atoms with Crippen molar-refractivity contribution in [2.24, 2.45) is 0 Å². The van der Waals surface area contributed by atoms with E-state index in [9.17, 15) is 18.0 Å². The van der Waals surface area contributed by atoms with Crippen molar-refractivity contribution in [2.45, 2.75) is 31.8 Å². The summed E-state index contributed by atoms with van der Waals surface area (Å²) < 4.78 is 45.3. The second-order valence-electron chi connectivity index (χ2n) is 5.94. The zero-order chi connectivity index (χ0) is 17.3. The van der Waals surface area contributed by atoms with E-state index in [1.54, 1.807) is 0 Å². The van der Waals surface area contributed by atoms with Gasteiger partial charge in [-0.15, -0.1) is 0 Å². The quantitative estimate of drug-likeness (QED) is 0.916. The van der Waals surface area contributed by atoms with E-state index in [1.165, 1.54) is 6.07 Å². The van der Waals surface area contributed by atoms with Crippen molar-refractivity contribution in [1.29, 1.82) is 5.26 Å². The summed E-state index contributed by atoms with van der Waals surface area (Å²) in [5.41, 5.74) is -0.201. The molecule has 1 fully saturated rings. The predicted molar refractivity (Wildman–Crippen MR) is 77.9 cm³/mol. The summed E-state index contributed by atoms with van der Waals surface area (Å²) in [7, 11) is 0. The highest BCUT2D eigenvalue weighted by atomic mass is 19.4. The van der Waals surface area contributed by atoms with E-state index in [-0.39, 0.29) is 36.7 Å². The Morgan fingerprint density at radius 2 is 2.21 bits per heavy atom. The molecule has 0 aromatic heterocycles. The minimum absolute atomic E-state index is 0.0144. The van der Waals surface area contributed by atoms with E-state index in [0.29, 0.717) is 25.3 Å². The fraction of sp³-hybridized carbons (Fsp3) is 0.500. The van der Waals surface area contributed by atoms with Crippen molar-refractivity contribution in [3.63, 3.8) is 0 Å². The first-order valence-electron chi connectivity index (χ1n) is 7.60. The molecule has 8 heteroatoms. The maximum absolute atomic E-state index is 13.3. The van der Waals surface area contributed by atoms with Crippen LogP contribution in [0.1, 0.15) is 33.5 Å². The van der Waals surface area contributed by atoms with Crippen LogP contribution in [0.2, 0.25) is 0 Å². The van der Waals surface area contributed by atoms with Gasteiger partial charge < -0.3 is 10.1 Å². The van der Waals surface area contributed by atoms with Gasteiger partial charge in [0.1, 0.15) is 0 Å². The van der Waals surface area contributed by atoms with Crippen LogP contribution in [0.4, 0.5) is 13.2 Å². The van der Waals surface area contributed by atoms with Crippen molar-refractivity contribution in [3.05, 3.63) is 34.4 Å². The molecule has 2 aliphatic heterocycles. The molecule has 1 aromatic carbocycles. The summed E-state index contributed by atoms with van der Waals surface area (Å²) in [5.74, 6) is -0.471. The first-order valence-corrected chi connectivity index (χ1v) is 7.60. The number of halogens is 3. The van der Waals surface area contributed by atoms with Gasteiger partial charge in [-0.25, -0.2) is 0 Å². The Kier molecular flexibility index (Phi) is 4.47. The van der Waals surface area contributed by atoms with Crippen LogP contribution in [0, 0.1) is 11.3 Å². The van der Waals surface area contributed by atoms with Crippen LogP contribution < -0.4 is 5.32 Å². The molecule has 0 bridgehead atoms. The number of benzene rings is 1. The van der Waals surface area contributed by atoms with Gasteiger partial charge in [-0.1, -0.05) is 0 Å². The number of carbonyl (C=O) groups excluding carboxylic acids is 1. The van der Waals surface area contributed by atoms with E-state index < -0.39 is 17.6 Å². The number of hydrogen-bond donors (Lipinski definition) is 1. The van der Waals surface area contributed by atoms with Crippen LogP contribution in [0.25, 0.3) is 0 Å². The first-order chi connectivity index (χ1) is 11.4. The number of carbonyl (C=O) groups is 1. The number of morpholine rings is 1. The topological polar surface area (TPSA) is 65.4 Å². The Labute approximate surface area is 137 Å². The number of hydrogen-bond acceptors (Lipinski definition) is 4. The normalized spacial score (nSPS) is 21.2. The lowest BCUT2D eigenvalue weighted by atomic mass is 9.98. The van der Waals surface area contributed by atoms with Crippen LogP contribution in [-0.4, -0.2) is 36.6 Å². The van der Waals surface area contributed by atoms with Gasteiger partial charge in [0.05, 0.1) is 30.8 Å². The van der Waals surface area contributed by atoms with E-state index in [2.05, 4.69) is 5.32 Å². The number of ether oxygens (including phenoxy) is 1. The van der Waals surface area contributed by atoms with E-state index in [0.717, 1.165) is 6.07 Å². The minimum atomic E-state index is -4.50. The van der Waals surface area contributed by atoms with Gasteiger partial charge in [0.15, 0.2) is 0 Å². The van der Waals surface area contributed by atoms with Crippen molar-refractivity contribution in [1.82, 2.24) is 10.2 Å². The SMILES string of the molecule is N#CC[C@@H]1CN(Cc2cc3c(c(C(F)(F)F)c2)CNC3=O)CCO1. The Morgan fingerprint density at radius 3 is 2.92 bits per heavy atom. The molecule has 0 unspecified atom stereocenters. The van der Waals surface area contributed by atoms with Crippen LogP contribution in [0.3, 0.4) is 0 Å². The third-order valence-corrected chi connectivity index (χ3v) is 4.23. The van der Waals surface area contributed by atoms with Gasteiger partial charge in [0, 0.05) is 31.7 Å². The zero-order valence-electron chi connectivity index (χ0n) is 12.8. The van der Waals surface area contributed by atoms with E-state index in [4.69, 9.17) is 10.00 Å². The van der Waals surface area contributed by atoms with Gasteiger partial charge in [0.25, 0.3) is 5.91 Å². The molecule has 0 saturated carbocycles. The molecule has 24 heavy (non-hydrogen) atoms. The van der Waals surface area contributed by atoms with Gasteiger partial charge in [-0.2, -0.15) is 18.4 Å². The van der Waals surface area contributed by atoms with E-state index in [1.807, 2.05) is 11.0 Å². The Bertz CT molecular complexity index is 697. The van der Waals surface area contributed by atoms with E-state index >= 15 is 0 Å². The second kappa shape index (κ2) is 6.42. The number of rotatable bonds is 3. The lowest BCUT2D eigenvalue weighted by Crippen LogP contribution is -2.41. The monoisotopic (exact) mass is 339 g/mol. The molecular formula is C16H16F3N3O2. The molecule has 0 radical (unpaired) electrons. The molecule has 1 saturated heterocycles. The molecule has 1 N–H and O–H groups in total. The molecule has 0 aliphatic carbocycles. The minimum Gasteiger partial charge on any atom is -0.374 e. The maximum Gasteiger partial charge on any atom is 0.416 e. The van der Waals surface area contributed by atoms with Gasteiger partial charge in [-0.05, 0) is 23.3 Å². The van der Waals surface area contributed by atoms with Gasteiger partial charge in [-0.3, -0.25) is 9.69 Å². The van der Waals surface area contributed by atoms with Gasteiger partial charge in [0.2, 0.25) is 0 Å². The van der Waals surface area contributed by atoms with Gasteiger partial charge >= 0.3 is 6.18 Å². The summed E-state index contributed by atoms with van der Waals surface area (Å²) >= 11 is 0. The lowest BCUT2D eigenvalue weighted by Gasteiger charge is -2.32. The molecule has 2 aliphatic rings. The summed E-state index contributed by atoms with van der Waals surface area (Å²) in [6, 6.07) is 4.69. The number of amides is 1. The highest BCUT2D eigenvalue weighted by molar-refractivity contribution is 5.99. The van der Waals surface area contributed by atoms with Crippen molar-refractivity contribution in [2.75, 3.05) is 19.7 Å². The molecule has 5 nitrogen and oxygen atoms in total. The standard InChI is InChI=1S/C16H16F3N3O2/c17-16(18,19)14-6-10(5-12-13(14)7-21-15(12)23)8-22-3-4-24-11(9-22)1-2-20/h5-6,11H,1,3-4,7-9H2,(H,21,23)/t11-/m1/s1. The third-order valence-electron chi connectivity index (χ3n) is 4.23. The zero-order valence-corrected chi connectivity index (χ0v) is 12.8. The number of nitrogens with zero attached hydrogens (tertiary/aromatic N) is 2. The molecule has 2 heterocycles. The van der Waals surface area contributed by atoms with Crippen molar-refractivity contribution < 1.29 is 22.7 Å². The predicted octanol–water partition coefficient (Wildman–Crippen LogP) is 2.06. The van der Waals surface area contributed by atoms with Crippen LogP contribution >= 0.6 is 0 Å². The molecule has 1 amide bonds. The first kappa shape index (κ1) is 16.7. The van der Waals surface area contributed by atoms with Crippen LogP contribution in [-0.2, 0) is 24.0 Å². The molecule has 3 rings (SSSR count). The highest BCUT2D eigenvalue weighted by Crippen LogP contribution is 2.36. The molecule has 0 spiro atoms. The molecule has 128 valence electrons. The molecule has 1 aromatic rings. The largest absolute Gasteiger partial charge is 0.416 e.